The van der Waals surface area contributed by atoms with Gasteiger partial charge in [0, 0.05) is 21.7 Å². The fraction of sp³-hybridized carbons (Fsp3) is 0. The second-order valence-electron chi connectivity index (χ2n) is 9.41. The standard InChI is InChI=1S/C32H17N3O2/c1-4-12-23-18(8-1)19-16-17-27-28(20-9-2-5-13-24(20)36-27)31(19)35(23)32-33-22-11-7-15-26-29(22)30(34-32)21-10-3-6-14-25(21)37-26/h1-17H. The molecular formula is C32H17N3O2. The third-order valence-electron chi connectivity index (χ3n) is 7.41. The molecule has 0 fully saturated rings. The summed E-state index contributed by atoms with van der Waals surface area (Å²) in [5.74, 6) is 2.21. The fourth-order valence-corrected chi connectivity index (χ4v) is 5.86. The van der Waals surface area contributed by atoms with Crippen LogP contribution in [0.5, 0.6) is 11.5 Å². The highest BCUT2D eigenvalue weighted by atomic mass is 16.5. The van der Waals surface area contributed by atoms with Crippen LogP contribution in [-0.4, -0.2) is 14.5 Å². The molecule has 5 nitrogen and oxygen atoms in total. The highest BCUT2D eigenvalue weighted by Crippen LogP contribution is 2.46. The minimum absolute atomic E-state index is 0.625. The van der Waals surface area contributed by atoms with Gasteiger partial charge in [0.05, 0.1) is 33.0 Å². The lowest BCUT2D eigenvalue weighted by Gasteiger charge is -2.21. The van der Waals surface area contributed by atoms with Crippen molar-refractivity contribution < 1.29 is 9.15 Å². The largest absolute Gasteiger partial charge is 0.456 e. The molecule has 1 aliphatic rings. The van der Waals surface area contributed by atoms with Crippen molar-refractivity contribution in [3.05, 3.63) is 103 Å². The number of benzene rings is 5. The molecule has 0 bridgehead atoms. The van der Waals surface area contributed by atoms with Gasteiger partial charge in [-0.1, -0.05) is 54.6 Å². The van der Waals surface area contributed by atoms with Crippen LogP contribution in [-0.2, 0) is 0 Å². The first kappa shape index (κ1) is 19.1. The maximum atomic E-state index is 6.26. The molecule has 5 heteroatoms. The van der Waals surface area contributed by atoms with E-state index in [1.807, 2.05) is 48.5 Å². The highest BCUT2D eigenvalue weighted by Gasteiger charge is 2.25. The Hall–Kier alpha value is -5.16. The summed E-state index contributed by atoms with van der Waals surface area (Å²) < 4.78 is 14.7. The molecule has 0 aliphatic carbocycles. The van der Waals surface area contributed by atoms with Crippen LogP contribution in [0.3, 0.4) is 0 Å². The van der Waals surface area contributed by atoms with E-state index in [2.05, 4.69) is 59.2 Å². The maximum absolute atomic E-state index is 6.26. The Morgan fingerprint density at radius 1 is 0.568 bits per heavy atom. The topological polar surface area (TPSA) is 53.1 Å². The minimum atomic E-state index is 0.625. The van der Waals surface area contributed by atoms with Gasteiger partial charge in [0.15, 0.2) is 0 Å². The van der Waals surface area contributed by atoms with E-state index >= 15 is 0 Å². The second-order valence-corrected chi connectivity index (χ2v) is 9.41. The number of ether oxygens (including phenoxy) is 1. The van der Waals surface area contributed by atoms with E-state index < -0.39 is 0 Å². The number of rotatable bonds is 1. The van der Waals surface area contributed by atoms with Crippen LogP contribution in [0.2, 0.25) is 0 Å². The lowest BCUT2D eigenvalue weighted by atomic mass is 10.0. The van der Waals surface area contributed by atoms with E-state index in [4.69, 9.17) is 19.1 Å². The average molecular weight is 476 g/mol. The van der Waals surface area contributed by atoms with E-state index in [9.17, 15) is 0 Å². The van der Waals surface area contributed by atoms with Crippen molar-refractivity contribution in [1.29, 1.82) is 0 Å². The molecule has 172 valence electrons. The summed E-state index contributed by atoms with van der Waals surface area (Å²) in [6.07, 6.45) is 0. The smallest absolute Gasteiger partial charge is 0.235 e. The molecule has 5 aromatic carbocycles. The van der Waals surface area contributed by atoms with Crippen molar-refractivity contribution in [2.24, 2.45) is 0 Å². The summed E-state index contributed by atoms with van der Waals surface area (Å²) in [7, 11) is 0. The van der Waals surface area contributed by atoms with Gasteiger partial charge in [-0.25, -0.2) is 9.97 Å². The normalized spacial score (nSPS) is 12.5. The zero-order chi connectivity index (χ0) is 24.1. The van der Waals surface area contributed by atoms with Crippen LogP contribution in [0.25, 0.3) is 71.9 Å². The molecule has 0 spiro atoms. The zero-order valence-corrected chi connectivity index (χ0v) is 19.5. The molecule has 3 aromatic heterocycles. The van der Waals surface area contributed by atoms with Gasteiger partial charge in [-0.3, -0.25) is 4.57 Å². The molecule has 37 heavy (non-hydrogen) atoms. The maximum Gasteiger partial charge on any atom is 0.235 e. The Bertz CT molecular complexity index is 2240. The molecule has 8 aromatic rings. The third kappa shape index (κ3) is 2.43. The van der Waals surface area contributed by atoms with E-state index in [0.717, 1.165) is 77.4 Å². The van der Waals surface area contributed by atoms with Crippen LogP contribution >= 0.6 is 0 Å². The van der Waals surface area contributed by atoms with Gasteiger partial charge in [0.2, 0.25) is 5.95 Å². The number of furan rings is 1. The summed E-state index contributed by atoms with van der Waals surface area (Å²) >= 11 is 0. The van der Waals surface area contributed by atoms with E-state index in [1.165, 1.54) is 0 Å². The van der Waals surface area contributed by atoms with Crippen LogP contribution in [0.15, 0.2) is 108 Å². The first-order chi connectivity index (χ1) is 18.3. The minimum Gasteiger partial charge on any atom is -0.456 e. The number of aromatic nitrogens is 3. The number of fused-ring (bicyclic) bond motifs is 9. The Labute approximate surface area is 210 Å². The summed E-state index contributed by atoms with van der Waals surface area (Å²) in [5.41, 5.74) is 6.52. The first-order valence-electron chi connectivity index (χ1n) is 12.3. The molecule has 0 saturated carbocycles. The highest BCUT2D eigenvalue weighted by molar-refractivity contribution is 6.24. The Morgan fingerprint density at radius 2 is 1.38 bits per heavy atom. The van der Waals surface area contributed by atoms with Crippen LogP contribution in [0.4, 0.5) is 0 Å². The molecule has 0 amide bonds. The third-order valence-corrected chi connectivity index (χ3v) is 7.41. The van der Waals surface area contributed by atoms with Crippen molar-refractivity contribution in [3.63, 3.8) is 0 Å². The predicted molar refractivity (Wildman–Crippen MR) is 147 cm³/mol. The van der Waals surface area contributed by atoms with Gasteiger partial charge < -0.3 is 9.15 Å². The van der Waals surface area contributed by atoms with Gasteiger partial charge in [0.25, 0.3) is 0 Å². The summed E-state index contributed by atoms with van der Waals surface area (Å²) in [6, 6.07) is 34.9. The molecule has 0 saturated heterocycles. The molecule has 1 aliphatic heterocycles. The molecule has 0 N–H and O–H groups in total. The van der Waals surface area contributed by atoms with Crippen molar-refractivity contribution in [1.82, 2.24) is 14.5 Å². The quantitative estimate of drug-likeness (QED) is 0.239. The molecule has 9 rings (SSSR count). The summed E-state index contributed by atoms with van der Waals surface area (Å²) in [4.78, 5) is 10.3. The van der Waals surface area contributed by atoms with Gasteiger partial charge in [0.1, 0.15) is 22.7 Å². The van der Waals surface area contributed by atoms with Crippen molar-refractivity contribution in [3.8, 4) is 28.7 Å². The van der Waals surface area contributed by atoms with E-state index in [-0.39, 0.29) is 0 Å². The number of para-hydroxylation sites is 3. The van der Waals surface area contributed by atoms with Gasteiger partial charge in [-0.15, -0.1) is 0 Å². The zero-order valence-electron chi connectivity index (χ0n) is 19.5. The Morgan fingerprint density at radius 3 is 2.35 bits per heavy atom. The summed E-state index contributed by atoms with van der Waals surface area (Å²) in [5, 5.41) is 5.38. The van der Waals surface area contributed by atoms with Crippen molar-refractivity contribution in [2.45, 2.75) is 0 Å². The Balaban J connectivity index is 1.50. The lowest BCUT2D eigenvalue weighted by Crippen LogP contribution is -2.06. The second kappa shape index (κ2) is 6.74. The molecular weight excluding hydrogens is 458 g/mol. The number of hydrogen-bond acceptors (Lipinski definition) is 4. The molecule has 0 unspecified atom stereocenters. The van der Waals surface area contributed by atoms with Gasteiger partial charge >= 0.3 is 0 Å². The number of hydrogen-bond donors (Lipinski definition) is 0. The van der Waals surface area contributed by atoms with Crippen LogP contribution in [0.1, 0.15) is 0 Å². The van der Waals surface area contributed by atoms with Crippen molar-refractivity contribution in [2.75, 3.05) is 0 Å². The number of nitrogens with zero attached hydrogens (tertiary/aromatic N) is 3. The molecule has 4 heterocycles. The molecule has 0 atom stereocenters. The van der Waals surface area contributed by atoms with Crippen LogP contribution in [0, 0.1) is 0 Å². The van der Waals surface area contributed by atoms with E-state index in [1.54, 1.807) is 0 Å². The average Bonchev–Trinajstić information content (AvgIpc) is 3.49. The van der Waals surface area contributed by atoms with Crippen molar-refractivity contribution >= 4 is 54.6 Å². The fourth-order valence-electron chi connectivity index (χ4n) is 5.86. The summed E-state index contributed by atoms with van der Waals surface area (Å²) in [6.45, 7) is 0. The monoisotopic (exact) mass is 475 g/mol. The SMILES string of the molecule is c1ccc2c(c1)Oc1cccc3nc(-n4c5ccccc5c5ccc6oc7ccccc7c6c54)nc-2c13. The first-order valence-corrected chi connectivity index (χ1v) is 12.3. The van der Waals surface area contributed by atoms with Crippen LogP contribution < -0.4 is 4.74 Å². The van der Waals surface area contributed by atoms with E-state index in [0.29, 0.717) is 5.95 Å². The molecule has 0 radical (unpaired) electrons. The lowest BCUT2D eigenvalue weighted by molar-refractivity contribution is 0.486. The predicted octanol–water partition coefficient (Wildman–Crippen LogP) is 8.40. The van der Waals surface area contributed by atoms with Gasteiger partial charge in [-0.2, -0.15) is 0 Å². The van der Waals surface area contributed by atoms with Gasteiger partial charge in [-0.05, 0) is 48.5 Å². The Kier molecular flexibility index (Phi) is 3.47.